The van der Waals surface area contributed by atoms with Gasteiger partial charge in [-0.3, -0.25) is 9.78 Å². The second kappa shape index (κ2) is 7.44. The number of rotatable bonds is 5. The lowest BCUT2D eigenvalue weighted by molar-refractivity contribution is -0.120. The largest absolute Gasteiger partial charge is 0.486 e. The molecule has 26 heavy (non-hydrogen) atoms. The molecule has 1 N–H and O–H groups in total. The minimum absolute atomic E-state index is 0.00475. The number of nitrogens with one attached hydrogen (secondary N) is 1. The van der Waals surface area contributed by atoms with E-state index in [0.29, 0.717) is 31.9 Å². The summed E-state index contributed by atoms with van der Waals surface area (Å²) >= 11 is 0. The van der Waals surface area contributed by atoms with Crippen molar-refractivity contribution in [3.05, 3.63) is 65.9 Å². The second-order valence-corrected chi connectivity index (χ2v) is 6.25. The lowest BCUT2D eigenvalue weighted by Gasteiger charge is -2.18. The maximum Gasteiger partial charge on any atom is 0.224 e. The van der Waals surface area contributed by atoms with Crippen LogP contribution < -0.4 is 14.8 Å². The van der Waals surface area contributed by atoms with Gasteiger partial charge in [-0.2, -0.15) is 0 Å². The van der Waals surface area contributed by atoms with Gasteiger partial charge in [-0.25, -0.2) is 0 Å². The fourth-order valence-electron chi connectivity index (χ4n) is 3.15. The molecule has 0 aliphatic carbocycles. The highest BCUT2D eigenvalue weighted by Gasteiger charge is 2.13. The molecule has 3 aromatic rings. The Labute approximate surface area is 152 Å². The van der Waals surface area contributed by atoms with Gasteiger partial charge in [0.25, 0.3) is 0 Å². The van der Waals surface area contributed by atoms with Crippen molar-refractivity contribution >= 4 is 16.8 Å². The van der Waals surface area contributed by atoms with E-state index in [1.54, 1.807) is 6.20 Å². The normalized spacial score (nSPS) is 12.8. The highest BCUT2D eigenvalue weighted by Crippen LogP contribution is 2.30. The number of hydrogen-bond donors (Lipinski definition) is 1. The molecule has 0 atom stereocenters. The Morgan fingerprint density at radius 3 is 2.81 bits per heavy atom. The Hall–Kier alpha value is -3.08. The smallest absolute Gasteiger partial charge is 0.224 e. The summed E-state index contributed by atoms with van der Waals surface area (Å²) < 4.78 is 11.1. The van der Waals surface area contributed by atoms with Crippen molar-refractivity contribution in [1.29, 1.82) is 0 Å². The van der Waals surface area contributed by atoms with Crippen LogP contribution in [0, 0.1) is 0 Å². The number of hydrogen-bond acceptors (Lipinski definition) is 4. The van der Waals surface area contributed by atoms with Crippen molar-refractivity contribution in [3.63, 3.8) is 0 Å². The first-order chi connectivity index (χ1) is 12.8. The zero-order valence-corrected chi connectivity index (χ0v) is 14.4. The number of pyridine rings is 1. The maximum atomic E-state index is 12.2. The van der Waals surface area contributed by atoms with E-state index in [1.165, 1.54) is 0 Å². The van der Waals surface area contributed by atoms with Gasteiger partial charge in [0.05, 0.1) is 11.9 Å². The highest BCUT2D eigenvalue weighted by molar-refractivity contribution is 5.82. The molecule has 132 valence electrons. The second-order valence-electron chi connectivity index (χ2n) is 6.25. The fourth-order valence-corrected chi connectivity index (χ4v) is 3.15. The Morgan fingerprint density at radius 1 is 1.04 bits per heavy atom. The SMILES string of the molecule is O=C(Cc1ccc2c(c1)OCCO2)NCCc1cccc2cccnc12. The van der Waals surface area contributed by atoms with E-state index in [2.05, 4.69) is 16.4 Å². The van der Waals surface area contributed by atoms with Crippen LogP contribution >= 0.6 is 0 Å². The molecule has 0 radical (unpaired) electrons. The molecular weight excluding hydrogens is 328 g/mol. The Kier molecular flexibility index (Phi) is 4.69. The van der Waals surface area contributed by atoms with Gasteiger partial charge in [0, 0.05) is 18.1 Å². The van der Waals surface area contributed by atoms with Crippen molar-refractivity contribution in [2.75, 3.05) is 19.8 Å². The van der Waals surface area contributed by atoms with Crippen LogP contribution in [0.2, 0.25) is 0 Å². The van der Waals surface area contributed by atoms with Crippen molar-refractivity contribution in [2.45, 2.75) is 12.8 Å². The average molecular weight is 348 g/mol. The van der Waals surface area contributed by atoms with E-state index in [-0.39, 0.29) is 5.91 Å². The van der Waals surface area contributed by atoms with E-state index in [1.807, 2.05) is 42.5 Å². The standard InChI is InChI=1S/C21H20N2O3/c24-20(14-15-6-7-18-19(13-15)26-12-11-25-18)22-10-8-17-4-1-3-16-5-2-9-23-21(16)17/h1-7,9,13H,8,10-12,14H2,(H,22,24). The first-order valence-electron chi connectivity index (χ1n) is 8.77. The summed E-state index contributed by atoms with van der Waals surface area (Å²) in [7, 11) is 0. The number of fused-ring (bicyclic) bond motifs is 2. The van der Waals surface area contributed by atoms with E-state index >= 15 is 0 Å². The van der Waals surface area contributed by atoms with E-state index in [4.69, 9.17) is 9.47 Å². The fraction of sp³-hybridized carbons (Fsp3) is 0.238. The zero-order valence-electron chi connectivity index (χ0n) is 14.4. The first-order valence-corrected chi connectivity index (χ1v) is 8.77. The van der Waals surface area contributed by atoms with Crippen molar-refractivity contribution in [1.82, 2.24) is 10.3 Å². The molecule has 2 aromatic carbocycles. The number of nitrogens with zero attached hydrogens (tertiary/aromatic N) is 1. The number of amides is 1. The van der Waals surface area contributed by atoms with Crippen LogP contribution in [0.25, 0.3) is 10.9 Å². The molecule has 0 saturated heterocycles. The van der Waals surface area contributed by atoms with Gasteiger partial charge in [0.2, 0.25) is 5.91 Å². The number of benzene rings is 2. The zero-order chi connectivity index (χ0) is 17.8. The first kappa shape index (κ1) is 16.4. The molecule has 5 heteroatoms. The van der Waals surface area contributed by atoms with Crippen molar-refractivity contribution in [3.8, 4) is 11.5 Å². The van der Waals surface area contributed by atoms with Crippen LogP contribution in [0.3, 0.4) is 0 Å². The predicted molar refractivity (Wildman–Crippen MR) is 99.6 cm³/mol. The molecule has 0 unspecified atom stereocenters. The molecule has 1 amide bonds. The summed E-state index contributed by atoms with van der Waals surface area (Å²) in [4.78, 5) is 16.7. The van der Waals surface area contributed by atoms with Crippen molar-refractivity contribution in [2.24, 2.45) is 0 Å². The van der Waals surface area contributed by atoms with Gasteiger partial charge >= 0.3 is 0 Å². The number of aromatic nitrogens is 1. The Balaban J connectivity index is 1.34. The third-order valence-corrected chi connectivity index (χ3v) is 4.40. The van der Waals surface area contributed by atoms with Gasteiger partial charge < -0.3 is 14.8 Å². The van der Waals surface area contributed by atoms with E-state index in [0.717, 1.165) is 34.2 Å². The van der Waals surface area contributed by atoms with Crippen LogP contribution in [0.4, 0.5) is 0 Å². The topological polar surface area (TPSA) is 60.5 Å². The Morgan fingerprint density at radius 2 is 1.88 bits per heavy atom. The Bertz CT molecular complexity index is 934. The van der Waals surface area contributed by atoms with Crippen LogP contribution in [0.15, 0.2) is 54.7 Å². The molecule has 2 heterocycles. The van der Waals surface area contributed by atoms with Crippen LogP contribution in [-0.4, -0.2) is 30.6 Å². The molecule has 0 spiro atoms. The summed E-state index contributed by atoms with van der Waals surface area (Å²) in [6, 6.07) is 15.8. The number of carbonyl (C=O) groups excluding carboxylic acids is 1. The molecule has 1 aliphatic rings. The van der Waals surface area contributed by atoms with Gasteiger partial charge in [-0.15, -0.1) is 0 Å². The van der Waals surface area contributed by atoms with Crippen LogP contribution in [-0.2, 0) is 17.6 Å². The van der Waals surface area contributed by atoms with E-state index < -0.39 is 0 Å². The van der Waals surface area contributed by atoms with Crippen LogP contribution in [0.1, 0.15) is 11.1 Å². The number of ether oxygens (including phenoxy) is 2. The predicted octanol–water partition coefficient (Wildman–Crippen LogP) is 2.91. The summed E-state index contributed by atoms with van der Waals surface area (Å²) in [6.45, 7) is 1.69. The monoisotopic (exact) mass is 348 g/mol. The molecule has 0 bridgehead atoms. The average Bonchev–Trinajstić information content (AvgIpc) is 2.68. The molecule has 0 saturated carbocycles. The third kappa shape index (κ3) is 3.61. The molecule has 0 fully saturated rings. The number of carbonyl (C=O) groups is 1. The molecule has 4 rings (SSSR count). The van der Waals surface area contributed by atoms with Crippen molar-refractivity contribution < 1.29 is 14.3 Å². The molecule has 5 nitrogen and oxygen atoms in total. The van der Waals surface area contributed by atoms with Crippen LogP contribution in [0.5, 0.6) is 11.5 Å². The summed E-state index contributed by atoms with van der Waals surface area (Å²) in [5.41, 5.74) is 3.05. The highest BCUT2D eigenvalue weighted by atomic mass is 16.6. The molecule has 1 aliphatic heterocycles. The minimum atomic E-state index is -0.00475. The van der Waals surface area contributed by atoms with Gasteiger partial charge in [-0.05, 0) is 35.7 Å². The summed E-state index contributed by atoms with van der Waals surface area (Å²) in [5, 5.41) is 4.10. The summed E-state index contributed by atoms with van der Waals surface area (Å²) in [6.07, 6.45) is 2.87. The summed E-state index contributed by atoms with van der Waals surface area (Å²) in [5.74, 6) is 1.45. The minimum Gasteiger partial charge on any atom is -0.486 e. The van der Waals surface area contributed by atoms with Gasteiger partial charge in [0.1, 0.15) is 13.2 Å². The number of para-hydroxylation sites is 1. The third-order valence-electron chi connectivity index (χ3n) is 4.40. The van der Waals surface area contributed by atoms with Gasteiger partial charge in [-0.1, -0.05) is 30.3 Å². The van der Waals surface area contributed by atoms with Gasteiger partial charge in [0.15, 0.2) is 11.5 Å². The van der Waals surface area contributed by atoms with E-state index in [9.17, 15) is 4.79 Å². The molecular formula is C21H20N2O3. The lowest BCUT2D eigenvalue weighted by atomic mass is 10.1. The maximum absolute atomic E-state index is 12.2. The molecule has 1 aromatic heterocycles. The quantitative estimate of drug-likeness (QED) is 0.770. The lowest BCUT2D eigenvalue weighted by Crippen LogP contribution is -2.27.